The number of nitrogens with zero attached hydrogens (tertiary/aromatic N) is 4. The number of nitrogens with two attached hydrogens (primary N) is 1. The predicted octanol–water partition coefficient (Wildman–Crippen LogP) is 1.38. The first-order valence-corrected chi connectivity index (χ1v) is 6.34. The summed E-state index contributed by atoms with van der Waals surface area (Å²) in [4.78, 5) is 0. The fourth-order valence-corrected chi connectivity index (χ4v) is 2.39. The standard InChI is InChI=1S/C10H19N5OS/c1-7-12-13-9(15(7)4)17-6-5-10(2,3)8(11)14-16/h16H,5-6H2,1-4H3,(H2,11,14). The molecule has 0 bridgehead atoms. The van der Waals surface area contributed by atoms with Gasteiger partial charge in [0.25, 0.3) is 0 Å². The monoisotopic (exact) mass is 257 g/mol. The molecule has 7 heteroatoms. The van der Waals surface area contributed by atoms with Crippen molar-refractivity contribution in [1.29, 1.82) is 0 Å². The van der Waals surface area contributed by atoms with Crippen molar-refractivity contribution in [3.05, 3.63) is 5.82 Å². The van der Waals surface area contributed by atoms with Gasteiger partial charge >= 0.3 is 0 Å². The summed E-state index contributed by atoms with van der Waals surface area (Å²) in [5.41, 5.74) is 5.31. The van der Waals surface area contributed by atoms with Gasteiger partial charge in [0.2, 0.25) is 0 Å². The maximum atomic E-state index is 8.66. The topological polar surface area (TPSA) is 89.3 Å². The number of hydrogen-bond acceptors (Lipinski definition) is 5. The minimum atomic E-state index is -0.310. The summed E-state index contributed by atoms with van der Waals surface area (Å²) in [7, 11) is 1.94. The van der Waals surface area contributed by atoms with Crippen molar-refractivity contribution in [1.82, 2.24) is 14.8 Å². The lowest BCUT2D eigenvalue weighted by Gasteiger charge is -2.22. The van der Waals surface area contributed by atoms with Crippen LogP contribution in [-0.4, -0.2) is 31.6 Å². The smallest absolute Gasteiger partial charge is 0.190 e. The molecule has 0 amide bonds. The molecule has 0 aliphatic heterocycles. The Morgan fingerprint density at radius 1 is 1.53 bits per heavy atom. The molecule has 1 aromatic heterocycles. The number of rotatable bonds is 5. The number of amidine groups is 1. The third-order valence-electron chi connectivity index (χ3n) is 2.81. The van der Waals surface area contributed by atoms with Crippen LogP contribution in [0.3, 0.4) is 0 Å². The molecule has 0 spiro atoms. The van der Waals surface area contributed by atoms with E-state index in [1.54, 1.807) is 11.8 Å². The molecule has 1 rings (SSSR count). The minimum absolute atomic E-state index is 0.257. The van der Waals surface area contributed by atoms with E-state index in [-0.39, 0.29) is 11.3 Å². The van der Waals surface area contributed by atoms with Crippen LogP contribution in [0.4, 0.5) is 0 Å². The summed E-state index contributed by atoms with van der Waals surface area (Å²) in [6.45, 7) is 5.81. The van der Waals surface area contributed by atoms with Gasteiger partial charge in [0, 0.05) is 18.2 Å². The molecule has 0 aromatic carbocycles. The zero-order chi connectivity index (χ0) is 13.1. The van der Waals surface area contributed by atoms with Crippen LogP contribution in [-0.2, 0) is 7.05 Å². The van der Waals surface area contributed by atoms with Crippen LogP contribution in [0.15, 0.2) is 10.3 Å². The number of thioether (sulfide) groups is 1. The van der Waals surface area contributed by atoms with Crippen LogP contribution < -0.4 is 5.73 Å². The van der Waals surface area contributed by atoms with Crippen molar-refractivity contribution >= 4 is 17.6 Å². The fraction of sp³-hybridized carbons (Fsp3) is 0.700. The molecule has 0 aliphatic carbocycles. The molecule has 0 fully saturated rings. The van der Waals surface area contributed by atoms with E-state index in [9.17, 15) is 0 Å². The van der Waals surface area contributed by atoms with Gasteiger partial charge in [-0.3, -0.25) is 0 Å². The molecule has 1 aromatic rings. The van der Waals surface area contributed by atoms with E-state index in [0.717, 1.165) is 23.2 Å². The van der Waals surface area contributed by atoms with E-state index in [2.05, 4.69) is 15.4 Å². The molecule has 0 atom stereocenters. The molecule has 0 saturated carbocycles. The second-order valence-corrected chi connectivity index (χ2v) is 5.62. The normalized spacial score (nSPS) is 13.1. The van der Waals surface area contributed by atoms with Crippen molar-refractivity contribution in [2.75, 3.05) is 5.75 Å². The molecule has 1 heterocycles. The number of aryl methyl sites for hydroxylation is 1. The van der Waals surface area contributed by atoms with Crippen LogP contribution >= 0.6 is 11.8 Å². The van der Waals surface area contributed by atoms with Gasteiger partial charge in [0.15, 0.2) is 5.16 Å². The van der Waals surface area contributed by atoms with Gasteiger partial charge in [0.1, 0.15) is 11.7 Å². The first-order chi connectivity index (χ1) is 7.88. The summed E-state index contributed by atoms with van der Waals surface area (Å²) in [5.74, 6) is 1.99. The maximum absolute atomic E-state index is 8.66. The SMILES string of the molecule is Cc1nnc(SCCC(C)(C)C(N)=NO)n1C. The first-order valence-electron chi connectivity index (χ1n) is 5.35. The molecular formula is C10H19N5OS. The Kier molecular flexibility index (Phi) is 4.39. The molecule has 0 aliphatic rings. The minimum Gasteiger partial charge on any atom is -0.409 e. The average Bonchev–Trinajstić information content (AvgIpc) is 2.59. The Balaban J connectivity index is 2.51. The largest absolute Gasteiger partial charge is 0.409 e. The van der Waals surface area contributed by atoms with E-state index in [1.165, 1.54) is 0 Å². The van der Waals surface area contributed by atoms with Crippen LogP contribution in [0.25, 0.3) is 0 Å². The summed E-state index contributed by atoms with van der Waals surface area (Å²) in [6, 6.07) is 0. The van der Waals surface area contributed by atoms with Crippen molar-refractivity contribution in [3.8, 4) is 0 Å². The molecule has 0 saturated heterocycles. The molecule has 0 radical (unpaired) electrons. The third kappa shape index (κ3) is 3.36. The second-order valence-electron chi connectivity index (χ2n) is 4.56. The zero-order valence-corrected chi connectivity index (χ0v) is 11.5. The van der Waals surface area contributed by atoms with Crippen LogP contribution in [0.5, 0.6) is 0 Å². The van der Waals surface area contributed by atoms with E-state index >= 15 is 0 Å². The molecule has 17 heavy (non-hydrogen) atoms. The lowest BCUT2D eigenvalue weighted by molar-refractivity contribution is 0.307. The van der Waals surface area contributed by atoms with Crippen molar-refractivity contribution in [3.63, 3.8) is 0 Å². The molecular weight excluding hydrogens is 238 g/mol. The Labute approximate surface area is 105 Å². The highest BCUT2D eigenvalue weighted by Crippen LogP contribution is 2.25. The summed E-state index contributed by atoms with van der Waals surface area (Å²) < 4.78 is 1.95. The molecule has 6 nitrogen and oxygen atoms in total. The zero-order valence-electron chi connectivity index (χ0n) is 10.6. The quantitative estimate of drug-likeness (QED) is 0.273. The summed E-state index contributed by atoms with van der Waals surface area (Å²) in [5, 5.41) is 20.7. The fourth-order valence-electron chi connectivity index (χ4n) is 1.17. The highest BCUT2D eigenvalue weighted by atomic mass is 32.2. The van der Waals surface area contributed by atoms with Gasteiger partial charge in [-0.2, -0.15) is 0 Å². The highest BCUT2D eigenvalue weighted by molar-refractivity contribution is 7.99. The second kappa shape index (κ2) is 5.39. The van der Waals surface area contributed by atoms with Crippen molar-refractivity contribution in [2.45, 2.75) is 32.3 Å². The van der Waals surface area contributed by atoms with Crippen molar-refractivity contribution in [2.24, 2.45) is 23.4 Å². The van der Waals surface area contributed by atoms with E-state index in [0.29, 0.717) is 0 Å². The molecule has 0 unspecified atom stereocenters. The number of aromatic nitrogens is 3. The third-order valence-corrected chi connectivity index (χ3v) is 3.83. The van der Waals surface area contributed by atoms with E-state index in [4.69, 9.17) is 10.9 Å². The summed E-state index contributed by atoms with van der Waals surface area (Å²) >= 11 is 1.62. The maximum Gasteiger partial charge on any atom is 0.190 e. The number of hydrogen-bond donors (Lipinski definition) is 2. The Bertz CT molecular complexity index is 413. The van der Waals surface area contributed by atoms with E-state index < -0.39 is 0 Å². The Morgan fingerprint density at radius 3 is 2.65 bits per heavy atom. The van der Waals surface area contributed by atoms with Gasteiger partial charge in [0.05, 0.1) is 0 Å². The average molecular weight is 257 g/mol. The van der Waals surface area contributed by atoms with E-state index in [1.807, 2.05) is 32.4 Å². The van der Waals surface area contributed by atoms with Gasteiger partial charge in [-0.25, -0.2) is 0 Å². The Hall–Kier alpha value is -1.24. The molecule has 96 valence electrons. The van der Waals surface area contributed by atoms with Crippen molar-refractivity contribution < 1.29 is 5.21 Å². The predicted molar refractivity (Wildman–Crippen MR) is 68.3 cm³/mol. The van der Waals surface area contributed by atoms with Crippen LogP contribution in [0.1, 0.15) is 26.1 Å². The first kappa shape index (κ1) is 13.8. The van der Waals surface area contributed by atoms with Crippen LogP contribution in [0, 0.1) is 12.3 Å². The van der Waals surface area contributed by atoms with Gasteiger partial charge in [-0.1, -0.05) is 30.8 Å². The lowest BCUT2D eigenvalue weighted by atomic mass is 9.89. The van der Waals surface area contributed by atoms with Crippen LogP contribution in [0.2, 0.25) is 0 Å². The van der Waals surface area contributed by atoms with Gasteiger partial charge < -0.3 is 15.5 Å². The van der Waals surface area contributed by atoms with Gasteiger partial charge in [-0.15, -0.1) is 10.2 Å². The highest BCUT2D eigenvalue weighted by Gasteiger charge is 2.23. The van der Waals surface area contributed by atoms with Gasteiger partial charge in [-0.05, 0) is 13.3 Å². The summed E-state index contributed by atoms with van der Waals surface area (Å²) in [6.07, 6.45) is 0.805. The number of oxime groups is 1. The molecule has 3 N–H and O–H groups in total. The Morgan fingerprint density at radius 2 is 2.18 bits per heavy atom. The lowest BCUT2D eigenvalue weighted by Crippen LogP contribution is -2.32.